The minimum absolute atomic E-state index is 0.415. The molecule has 86 heteroatoms. The largest absolute Gasteiger partial charge is 0.460 e. The SMILES string of the molecule is CC(=O)OC(COC(=O)/C=C\C(=O)OCC(CC(F)(F)C(F)(F)C(F)(F)C(F)(F)C(F)(F)C(F)(F)C(F)(F)C(F)(F)C(F)(F)C(F)(F)C(F)(F)C(F)(F)C(F)(F)C(F)(F)C(F)(F)C(F)(F)C(F)(F)C(F)(F)C(F)(F)F)OC(C)=O)CC(F)(F)C(F)(F)C(F)(F)C(F)(F)C(F)(F)C(F)(F)C(F)(F)C(F)(F)C(F)(F)C(F)(F)C(F)(F)C(F)(F)C(F)(F)C(F)(F)C(F)(F)C(F)(F)C(F)(F)C(F)(F)C(F)(F)F. The molecule has 0 saturated heterocycles. The molecule has 0 fully saturated rings. The van der Waals surface area contributed by atoms with Crippen LogP contribution in [0.4, 0.5) is 342 Å². The van der Waals surface area contributed by atoms with Gasteiger partial charge in [0.1, 0.15) is 25.4 Å². The van der Waals surface area contributed by atoms with E-state index in [0.29, 0.717) is 0 Å². The van der Waals surface area contributed by atoms with Crippen molar-refractivity contribution in [2.45, 2.75) is 264 Å². The highest BCUT2D eigenvalue weighted by atomic mass is 19.5. The van der Waals surface area contributed by atoms with Gasteiger partial charge in [0.25, 0.3) is 0 Å². The van der Waals surface area contributed by atoms with Crippen LogP contribution in [0.3, 0.4) is 0 Å². The molecule has 0 heterocycles. The summed E-state index contributed by atoms with van der Waals surface area (Å²) in [7, 11) is 0. The molecule has 0 aliphatic carbocycles. The second-order valence-corrected chi connectivity index (χ2v) is 26.4. The van der Waals surface area contributed by atoms with Crippen molar-refractivity contribution in [1.82, 2.24) is 0 Å². The maximum absolute atomic E-state index is 14.9. The van der Waals surface area contributed by atoms with E-state index in [1.165, 1.54) is 0 Å². The van der Waals surface area contributed by atoms with Crippen molar-refractivity contribution in [3.8, 4) is 0 Å². The highest BCUT2D eigenvalue weighted by molar-refractivity contribution is 5.91. The number of hydrogen-bond acceptors (Lipinski definition) is 8. The lowest BCUT2D eigenvalue weighted by molar-refractivity contribution is -0.494. The van der Waals surface area contributed by atoms with Crippen LogP contribution in [0, 0.1) is 0 Å². The predicted molar refractivity (Wildman–Crippen MR) is 262 cm³/mol. The summed E-state index contributed by atoms with van der Waals surface area (Å²) in [5, 5.41) is 0. The molecule has 0 rings (SSSR count). The van der Waals surface area contributed by atoms with Crippen molar-refractivity contribution in [2.75, 3.05) is 13.2 Å². The molecule has 0 N–H and O–H groups in total. The fourth-order valence-electron chi connectivity index (χ4n) is 8.88. The molecule has 0 amide bonds. The Labute approximate surface area is 695 Å². The van der Waals surface area contributed by atoms with Gasteiger partial charge in [0.15, 0.2) is 0 Å². The van der Waals surface area contributed by atoms with Gasteiger partial charge in [-0.1, -0.05) is 0 Å². The Bertz CT molecular complexity index is 4100. The van der Waals surface area contributed by atoms with E-state index in [-0.39, 0.29) is 0 Å². The van der Waals surface area contributed by atoms with Crippen molar-refractivity contribution in [1.29, 1.82) is 0 Å². The Morgan fingerprint density at radius 3 is 0.355 bits per heavy atom. The molecule has 8 nitrogen and oxygen atoms in total. The summed E-state index contributed by atoms with van der Waals surface area (Å²) in [4.78, 5) is 46.9. The van der Waals surface area contributed by atoms with Crippen molar-refractivity contribution >= 4 is 23.9 Å². The second kappa shape index (κ2) is 34.4. The maximum atomic E-state index is 14.9. The van der Waals surface area contributed by atoms with E-state index in [2.05, 4.69) is 18.9 Å². The zero-order valence-corrected chi connectivity index (χ0v) is 60.9. The zero-order chi connectivity index (χ0) is 114. The molecule has 0 aliphatic heterocycles. The summed E-state index contributed by atoms with van der Waals surface area (Å²) in [6.07, 6.45) is -36.7. The molecule has 2 atom stereocenters. The Morgan fingerprint density at radius 2 is 0.261 bits per heavy atom. The molecule has 0 radical (unpaired) electrons. The monoisotopic (exact) mass is 2250 g/mol. The number of hydrogen-bond donors (Lipinski definition) is 0. The van der Waals surface area contributed by atoms with E-state index in [4.69, 9.17) is 0 Å². The van der Waals surface area contributed by atoms with E-state index < -0.39 is 314 Å². The summed E-state index contributed by atoms with van der Waals surface area (Å²) in [5.41, 5.74) is 0. The molecule has 0 spiro atoms. The number of esters is 4. The summed E-state index contributed by atoms with van der Waals surface area (Å²) < 4.78 is 1110. The molecule has 0 aromatic rings. The van der Waals surface area contributed by atoms with Crippen LogP contribution in [0.2, 0.25) is 0 Å². The highest BCUT2D eigenvalue weighted by Crippen LogP contribution is 2.76. The smallest absolute Gasteiger partial charge is 0.459 e. The fourth-order valence-corrected chi connectivity index (χ4v) is 8.88. The van der Waals surface area contributed by atoms with Crippen LogP contribution in [0.5, 0.6) is 0 Å². The van der Waals surface area contributed by atoms with Gasteiger partial charge in [-0.3, -0.25) is 9.59 Å². The summed E-state index contributed by atoms with van der Waals surface area (Å²) >= 11 is 0. The van der Waals surface area contributed by atoms with Crippen molar-refractivity contribution < 1.29 is 381 Å². The fraction of sp³-hybridized carbons (Fsp3) is 0.885. The topological polar surface area (TPSA) is 105 Å². The van der Waals surface area contributed by atoms with Crippen molar-refractivity contribution in [3.05, 3.63) is 12.2 Å². The van der Waals surface area contributed by atoms with Crippen molar-refractivity contribution in [2.24, 2.45) is 0 Å². The second-order valence-electron chi connectivity index (χ2n) is 26.4. The molecule has 820 valence electrons. The van der Waals surface area contributed by atoms with E-state index in [1.54, 1.807) is 0 Å². The van der Waals surface area contributed by atoms with Gasteiger partial charge >= 0.3 is 249 Å². The first-order valence-corrected chi connectivity index (χ1v) is 30.7. The summed E-state index contributed by atoms with van der Waals surface area (Å²) in [5.74, 6) is -381. The first-order valence-electron chi connectivity index (χ1n) is 30.7. The van der Waals surface area contributed by atoms with Gasteiger partial charge in [-0.2, -0.15) is 342 Å². The van der Waals surface area contributed by atoms with E-state index in [0.717, 1.165) is 0 Å². The highest BCUT2D eigenvalue weighted by Gasteiger charge is 3.07. The average molecular weight is 2250 g/mol. The molecule has 0 saturated carbocycles. The molecule has 0 bridgehead atoms. The van der Waals surface area contributed by atoms with Crippen LogP contribution in [-0.4, -0.2) is 275 Å². The summed E-state index contributed by atoms with van der Waals surface area (Å²) in [6.45, 7) is -6.90. The molecule has 0 aliphatic rings. The van der Waals surface area contributed by atoms with Crippen LogP contribution in [0.1, 0.15) is 26.7 Å². The molecule has 0 aromatic carbocycles. The van der Waals surface area contributed by atoms with Crippen LogP contribution >= 0.6 is 0 Å². The van der Waals surface area contributed by atoms with Gasteiger partial charge in [0.2, 0.25) is 0 Å². The van der Waals surface area contributed by atoms with Crippen molar-refractivity contribution in [3.63, 3.8) is 0 Å². The lowest BCUT2D eigenvalue weighted by Crippen LogP contribution is -2.80. The number of rotatable bonds is 46. The maximum Gasteiger partial charge on any atom is 0.460 e. The van der Waals surface area contributed by atoms with Gasteiger partial charge in [-0.25, -0.2) is 9.59 Å². The number of alkyl halides is 78. The van der Waals surface area contributed by atoms with Gasteiger partial charge in [-0.15, -0.1) is 0 Å². The molecule has 2 unspecified atom stereocenters. The number of carbonyl (C=O) groups is 4. The van der Waals surface area contributed by atoms with Crippen LogP contribution < -0.4 is 0 Å². The van der Waals surface area contributed by atoms with E-state index >= 15 is 0 Å². The Kier molecular flexibility index (Phi) is 32.5. The molecule has 138 heavy (non-hydrogen) atoms. The number of carbonyl (C=O) groups excluding carboxylic acids is 4. The normalized spacial score (nSPS) is 17.1. The minimum Gasteiger partial charge on any atom is -0.459 e. The quantitative estimate of drug-likeness (QED) is 0.0257. The van der Waals surface area contributed by atoms with E-state index in [1.807, 2.05) is 0 Å². The average Bonchev–Trinajstić information content (AvgIpc) is 0.672. The number of ether oxygens (including phenoxy) is 4. The lowest BCUT2D eigenvalue weighted by atomic mass is 9.82. The third-order valence-corrected chi connectivity index (χ3v) is 17.1. The standard InChI is InChI=1S/C52H18F78O8/c1-9(131)137-11(5-15(53,54)17(57,58)19(61,62)21(65,66)23(69,70)25(73,74)27(77,78)29(81,82)31(85,86)33(89,90)35(93,94)37(97,98)39(101,102)41(105,106)43(109,110)45(113,114)47(117,118)49(121,122)51(125,126)127)7-135-13(133)3-4-14(134)136-8-12(138-10(2)132)6-16(55,56)18(59,60)20(63,64)22(67,68)24(71,72)26(75,76)28(79,80)30(83,84)32(87,88)34(91,92)36(95,96)38(99,100)40(103,104)42(107,108)44(111,112)46(115,116)48(119,120)50(123,124)52(128,129)130/h3-4,11-12H,5-8H2,1-2H3/b4-3-. The van der Waals surface area contributed by atoms with Gasteiger partial charge in [0, 0.05) is 26.0 Å². The summed E-state index contributed by atoms with van der Waals surface area (Å²) in [6, 6.07) is 0. The third-order valence-electron chi connectivity index (χ3n) is 17.1. The predicted octanol–water partition coefficient (Wildman–Crippen LogP) is 25.3. The molecular weight excluding hydrogens is 2230 g/mol. The first kappa shape index (κ1) is 130. The molecule has 0 aromatic heterocycles. The van der Waals surface area contributed by atoms with Crippen LogP contribution in [0.15, 0.2) is 12.2 Å². The zero-order valence-electron chi connectivity index (χ0n) is 60.9. The third kappa shape index (κ3) is 17.0. The minimum atomic E-state index is -10.9. The Balaban J connectivity index is 7.63. The number of halogens is 78. The van der Waals surface area contributed by atoms with Crippen LogP contribution in [0.25, 0.3) is 0 Å². The Morgan fingerprint density at radius 1 is 0.167 bits per heavy atom. The van der Waals surface area contributed by atoms with Crippen LogP contribution in [-0.2, 0) is 38.1 Å². The Hall–Kier alpha value is -7.84. The van der Waals surface area contributed by atoms with Gasteiger partial charge in [0.05, 0.1) is 12.8 Å². The van der Waals surface area contributed by atoms with E-state index in [9.17, 15) is 362 Å². The molecular formula is C52H18F78O8. The van der Waals surface area contributed by atoms with Gasteiger partial charge < -0.3 is 18.9 Å². The van der Waals surface area contributed by atoms with Gasteiger partial charge in [-0.05, 0) is 0 Å². The lowest BCUT2D eigenvalue weighted by Gasteiger charge is -2.47. The first-order chi connectivity index (χ1) is 58.6.